The van der Waals surface area contributed by atoms with Crippen LogP contribution in [0.5, 0.6) is 0 Å². The number of halogens is 2. The van der Waals surface area contributed by atoms with Crippen molar-refractivity contribution in [2.45, 2.75) is 24.7 Å². The summed E-state index contributed by atoms with van der Waals surface area (Å²) in [5.41, 5.74) is 1.13. The third kappa shape index (κ3) is 2.16. The van der Waals surface area contributed by atoms with Crippen LogP contribution in [-0.4, -0.2) is 19.5 Å². The Morgan fingerprint density at radius 2 is 2.04 bits per heavy atom. The number of imidazole rings is 1. The van der Waals surface area contributed by atoms with Gasteiger partial charge in [0.1, 0.15) is 11.6 Å². The summed E-state index contributed by atoms with van der Waals surface area (Å²) >= 11 is 0. The molecule has 3 aromatic heterocycles. The van der Waals surface area contributed by atoms with Crippen molar-refractivity contribution in [2.75, 3.05) is 0 Å². The number of aromatic nitrogens is 4. The van der Waals surface area contributed by atoms with Gasteiger partial charge in [0.2, 0.25) is 11.7 Å². The maximum absolute atomic E-state index is 14.1. The average Bonchev–Trinajstić information content (AvgIpc) is 3.03. The molecule has 2 unspecified atom stereocenters. The molecule has 5 nitrogen and oxygen atoms in total. The second-order valence-electron chi connectivity index (χ2n) is 6.87. The molecule has 26 heavy (non-hydrogen) atoms. The fourth-order valence-electron chi connectivity index (χ4n) is 3.60. The van der Waals surface area contributed by atoms with Crippen LogP contribution in [0.25, 0.3) is 16.9 Å². The van der Waals surface area contributed by atoms with Crippen molar-refractivity contribution in [3.05, 3.63) is 72.1 Å². The predicted octanol–water partition coefficient (Wildman–Crippen LogP) is 4.11. The van der Waals surface area contributed by atoms with E-state index in [0.29, 0.717) is 18.1 Å². The summed E-state index contributed by atoms with van der Waals surface area (Å²) in [6, 6.07) is 7.70. The van der Waals surface area contributed by atoms with Gasteiger partial charge in [-0.3, -0.25) is 0 Å². The van der Waals surface area contributed by atoms with Crippen LogP contribution in [-0.2, 0) is 5.41 Å². The average molecular weight is 352 g/mol. The van der Waals surface area contributed by atoms with E-state index < -0.39 is 17.0 Å². The van der Waals surface area contributed by atoms with E-state index in [-0.39, 0.29) is 11.5 Å². The summed E-state index contributed by atoms with van der Waals surface area (Å²) < 4.78 is 35.6. The molecular weight excluding hydrogens is 338 g/mol. The normalized spacial score (nSPS) is 22.0. The van der Waals surface area contributed by atoms with Gasteiger partial charge in [-0.2, -0.15) is 4.98 Å². The van der Waals surface area contributed by atoms with E-state index in [4.69, 9.17) is 4.52 Å². The van der Waals surface area contributed by atoms with E-state index in [1.807, 2.05) is 29.7 Å². The van der Waals surface area contributed by atoms with Crippen molar-refractivity contribution in [1.29, 1.82) is 0 Å². The molecule has 0 radical (unpaired) electrons. The Kier molecular flexibility index (Phi) is 3.04. The van der Waals surface area contributed by atoms with Crippen LogP contribution in [0.2, 0.25) is 0 Å². The molecule has 0 bridgehead atoms. The van der Waals surface area contributed by atoms with E-state index in [1.165, 1.54) is 18.2 Å². The van der Waals surface area contributed by atoms with Gasteiger partial charge in [0.05, 0.1) is 18.0 Å². The summed E-state index contributed by atoms with van der Waals surface area (Å²) in [5, 5.41) is 4.04. The number of nitrogens with zero attached hydrogens (tertiary/aromatic N) is 4. The molecule has 7 heteroatoms. The van der Waals surface area contributed by atoms with Crippen LogP contribution in [0.3, 0.4) is 0 Å². The molecular formula is C19H14F2N4O. The molecule has 4 aromatic rings. The first kappa shape index (κ1) is 15.2. The molecule has 2 atom stereocenters. The molecule has 0 amide bonds. The summed E-state index contributed by atoms with van der Waals surface area (Å²) in [6.07, 6.45) is 5.88. The SMILES string of the molecule is CC1(c2c(F)cccc2F)CC1c1nc(-c2ccn3cncc3c2)no1. The highest BCUT2D eigenvalue weighted by atomic mass is 19.1. The molecule has 0 saturated heterocycles. The Bertz CT molecular complexity index is 1120. The van der Waals surface area contributed by atoms with Gasteiger partial charge < -0.3 is 8.92 Å². The maximum Gasteiger partial charge on any atom is 0.231 e. The smallest absolute Gasteiger partial charge is 0.231 e. The summed E-state index contributed by atoms with van der Waals surface area (Å²) in [7, 11) is 0. The molecule has 0 N–H and O–H groups in total. The predicted molar refractivity (Wildman–Crippen MR) is 89.6 cm³/mol. The minimum absolute atomic E-state index is 0.0884. The minimum atomic E-state index is -0.672. The number of benzene rings is 1. The summed E-state index contributed by atoms with van der Waals surface area (Å²) in [4.78, 5) is 8.54. The zero-order valence-electron chi connectivity index (χ0n) is 13.9. The molecule has 1 aliphatic carbocycles. The monoisotopic (exact) mass is 352 g/mol. The Morgan fingerprint density at radius 3 is 2.85 bits per heavy atom. The van der Waals surface area contributed by atoms with E-state index in [1.54, 1.807) is 12.5 Å². The van der Waals surface area contributed by atoms with E-state index >= 15 is 0 Å². The van der Waals surface area contributed by atoms with E-state index in [9.17, 15) is 8.78 Å². The lowest BCUT2D eigenvalue weighted by Crippen LogP contribution is -2.10. The number of rotatable bonds is 3. The molecule has 1 saturated carbocycles. The van der Waals surface area contributed by atoms with Crippen LogP contribution >= 0.6 is 0 Å². The number of fused-ring (bicyclic) bond motifs is 1. The van der Waals surface area contributed by atoms with Gasteiger partial charge in [-0.05, 0) is 30.7 Å². The lowest BCUT2D eigenvalue weighted by Gasteiger charge is -2.12. The van der Waals surface area contributed by atoms with Gasteiger partial charge in [-0.25, -0.2) is 13.8 Å². The molecule has 1 aliphatic rings. The lowest BCUT2D eigenvalue weighted by molar-refractivity contribution is 0.372. The Balaban J connectivity index is 1.48. The first-order valence-corrected chi connectivity index (χ1v) is 8.26. The molecule has 0 spiro atoms. The van der Waals surface area contributed by atoms with Crippen LogP contribution in [0, 0.1) is 11.6 Å². The van der Waals surface area contributed by atoms with Crippen molar-refractivity contribution in [1.82, 2.24) is 19.5 Å². The quantitative estimate of drug-likeness (QED) is 0.557. The zero-order valence-corrected chi connectivity index (χ0v) is 13.9. The van der Waals surface area contributed by atoms with Gasteiger partial charge in [0, 0.05) is 28.7 Å². The fraction of sp³-hybridized carbons (Fsp3) is 0.211. The molecule has 3 heterocycles. The van der Waals surface area contributed by atoms with Gasteiger partial charge in [0.15, 0.2) is 0 Å². The molecule has 130 valence electrons. The van der Waals surface area contributed by atoms with E-state index in [2.05, 4.69) is 15.1 Å². The topological polar surface area (TPSA) is 56.2 Å². The Morgan fingerprint density at radius 1 is 1.23 bits per heavy atom. The highest BCUT2D eigenvalue weighted by Crippen LogP contribution is 2.60. The third-order valence-electron chi connectivity index (χ3n) is 5.18. The van der Waals surface area contributed by atoms with Crippen molar-refractivity contribution in [3.8, 4) is 11.4 Å². The standard InChI is InChI=1S/C19H14F2N4O/c1-19(16-14(20)3-2-4-15(16)21)8-13(19)18-23-17(24-26-18)11-5-6-25-10-22-9-12(25)7-11/h2-7,9-10,13H,8H2,1H3. The molecule has 1 fully saturated rings. The lowest BCUT2D eigenvalue weighted by atomic mass is 9.94. The molecule has 0 aliphatic heterocycles. The van der Waals surface area contributed by atoms with Gasteiger partial charge in [0.25, 0.3) is 0 Å². The largest absolute Gasteiger partial charge is 0.339 e. The molecule has 5 rings (SSSR count). The van der Waals surface area contributed by atoms with Gasteiger partial charge in [-0.1, -0.05) is 18.1 Å². The number of hydrogen-bond donors (Lipinski definition) is 0. The van der Waals surface area contributed by atoms with Crippen LogP contribution in [0.1, 0.15) is 30.7 Å². The van der Waals surface area contributed by atoms with Crippen LogP contribution < -0.4 is 0 Å². The van der Waals surface area contributed by atoms with Crippen LogP contribution in [0.15, 0.2) is 53.6 Å². The second kappa shape index (κ2) is 5.20. The highest BCUT2D eigenvalue weighted by molar-refractivity contribution is 5.62. The summed E-state index contributed by atoms with van der Waals surface area (Å²) in [6.45, 7) is 1.82. The maximum atomic E-state index is 14.1. The van der Waals surface area contributed by atoms with Gasteiger partial charge >= 0.3 is 0 Å². The number of pyridine rings is 1. The van der Waals surface area contributed by atoms with Crippen LogP contribution in [0.4, 0.5) is 8.78 Å². The van der Waals surface area contributed by atoms with Crippen molar-refractivity contribution >= 4 is 5.52 Å². The molecule has 1 aromatic carbocycles. The Labute approximate surface area is 147 Å². The van der Waals surface area contributed by atoms with Crippen molar-refractivity contribution in [3.63, 3.8) is 0 Å². The van der Waals surface area contributed by atoms with Crippen molar-refractivity contribution in [2.24, 2.45) is 0 Å². The second-order valence-corrected chi connectivity index (χ2v) is 6.87. The Hall–Kier alpha value is -3.09. The zero-order chi connectivity index (χ0) is 17.9. The summed E-state index contributed by atoms with van der Waals surface area (Å²) in [5.74, 6) is -0.429. The first-order valence-electron chi connectivity index (χ1n) is 8.26. The first-order chi connectivity index (χ1) is 12.6. The third-order valence-corrected chi connectivity index (χ3v) is 5.18. The minimum Gasteiger partial charge on any atom is -0.339 e. The van der Waals surface area contributed by atoms with E-state index in [0.717, 1.165) is 11.1 Å². The van der Waals surface area contributed by atoms with Gasteiger partial charge in [-0.15, -0.1) is 0 Å². The number of hydrogen-bond acceptors (Lipinski definition) is 4. The van der Waals surface area contributed by atoms with Crippen molar-refractivity contribution < 1.29 is 13.3 Å². The highest BCUT2D eigenvalue weighted by Gasteiger charge is 2.57. The fourth-order valence-corrected chi connectivity index (χ4v) is 3.60.